The summed E-state index contributed by atoms with van der Waals surface area (Å²) in [7, 11) is 0. The zero-order valence-electron chi connectivity index (χ0n) is 11.4. The minimum atomic E-state index is -0.397. The molecule has 0 bridgehead atoms. The number of hydrogen-bond donors (Lipinski definition) is 0. The van der Waals surface area contributed by atoms with Crippen molar-refractivity contribution in [3.05, 3.63) is 11.8 Å². The van der Waals surface area contributed by atoms with E-state index in [9.17, 15) is 5.11 Å². The Balaban J connectivity index is 2.21. The zero-order chi connectivity index (χ0) is 12.8. The summed E-state index contributed by atoms with van der Waals surface area (Å²) in [5, 5.41) is 16.1. The Morgan fingerprint density at radius 3 is 2.67 bits per heavy atom. The van der Waals surface area contributed by atoms with E-state index in [0.29, 0.717) is 11.2 Å². The van der Waals surface area contributed by atoms with Crippen LogP contribution >= 0.6 is 0 Å². The molecule has 0 aromatic heterocycles. The lowest BCUT2D eigenvalue weighted by Gasteiger charge is -2.38. The van der Waals surface area contributed by atoms with Crippen LogP contribution in [0.2, 0.25) is 0 Å². The molecule has 0 aromatic carbocycles. The van der Waals surface area contributed by atoms with Crippen LogP contribution < -0.4 is 5.11 Å². The van der Waals surface area contributed by atoms with Crippen molar-refractivity contribution < 1.29 is 14.4 Å². The molecule has 0 unspecified atom stereocenters. The first kappa shape index (κ1) is 13.4. The van der Waals surface area contributed by atoms with Crippen molar-refractivity contribution in [3.8, 4) is 0 Å². The van der Waals surface area contributed by atoms with Crippen LogP contribution in [-0.2, 0) is 4.74 Å². The fraction of sp³-hybridized carbons (Fsp3) is 0.786. The lowest BCUT2D eigenvalue weighted by molar-refractivity contribution is -0.906. The Morgan fingerprint density at radius 1 is 1.28 bits per heavy atom. The van der Waals surface area contributed by atoms with Gasteiger partial charge in [0.2, 0.25) is 6.08 Å². The van der Waals surface area contributed by atoms with Crippen LogP contribution in [0.25, 0.3) is 0 Å². The van der Waals surface area contributed by atoms with E-state index in [2.05, 4.69) is 11.2 Å². The van der Waals surface area contributed by atoms with Crippen molar-refractivity contribution in [2.45, 2.75) is 51.9 Å². The van der Waals surface area contributed by atoms with E-state index >= 15 is 0 Å². The Kier molecular flexibility index (Phi) is 4.64. The van der Waals surface area contributed by atoms with Crippen molar-refractivity contribution in [3.63, 3.8) is 0 Å². The van der Waals surface area contributed by atoms with Crippen molar-refractivity contribution in [2.24, 2.45) is 5.10 Å². The molecule has 0 aromatic rings. The quantitative estimate of drug-likeness (QED) is 0.439. The van der Waals surface area contributed by atoms with Crippen LogP contribution in [0, 0.1) is 0 Å². The number of allylic oxidation sites excluding steroid dienone is 2. The summed E-state index contributed by atoms with van der Waals surface area (Å²) in [5.41, 5.74) is 1.34. The number of ether oxygens (including phenoxy) is 1. The molecule has 2 aliphatic rings. The van der Waals surface area contributed by atoms with Gasteiger partial charge in [-0.05, 0) is 51.2 Å². The van der Waals surface area contributed by atoms with Gasteiger partial charge in [0, 0.05) is 6.42 Å². The van der Waals surface area contributed by atoms with E-state index < -0.39 is 6.08 Å². The average Bonchev–Trinajstić information content (AvgIpc) is 2.41. The lowest BCUT2D eigenvalue weighted by Crippen LogP contribution is -2.48. The summed E-state index contributed by atoms with van der Waals surface area (Å²) in [6.07, 6.45) is 10.2. The van der Waals surface area contributed by atoms with Gasteiger partial charge in [0.15, 0.2) is 0 Å². The van der Waals surface area contributed by atoms with Crippen molar-refractivity contribution in [2.75, 3.05) is 19.7 Å². The molecular weight excluding hydrogens is 228 g/mol. The molecule has 2 rings (SSSR count). The van der Waals surface area contributed by atoms with E-state index in [1.54, 1.807) is 0 Å². The van der Waals surface area contributed by atoms with Crippen molar-refractivity contribution in [1.82, 2.24) is 0 Å². The molecule has 102 valence electrons. The standard InChI is InChI=1S/C14H24N2O2/c1-2-18-14(17)15-16(11-7-4-8-12-16)13-9-5-3-6-10-13/h9H,2-8,10-12H2,1H3. The Hall–Kier alpha value is -1.03. The second-order valence-electron chi connectivity index (χ2n) is 5.17. The van der Waals surface area contributed by atoms with Crippen LogP contribution in [0.4, 0.5) is 0 Å². The highest BCUT2D eigenvalue weighted by atomic mass is 16.6. The van der Waals surface area contributed by atoms with Crippen LogP contribution in [-0.4, -0.2) is 30.4 Å². The van der Waals surface area contributed by atoms with Crippen molar-refractivity contribution in [1.29, 1.82) is 0 Å². The highest BCUT2D eigenvalue weighted by Gasteiger charge is 2.35. The highest BCUT2D eigenvalue weighted by molar-refractivity contribution is 5.60. The van der Waals surface area contributed by atoms with E-state index in [1.165, 1.54) is 25.0 Å². The van der Waals surface area contributed by atoms with E-state index in [4.69, 9.17) is 4.74 Å². The smallest absolute Gasteiger partial charge is 0.210 e. The van der Waals surface area contributed by atoms with Crippen LogP contribution in [0.3, 0.4) is 0 Å². The maximum absolute atomic E-state index is 11.7. The Morgan fingerprint density at radius 2 is 2.06 bits per heavy atom. The van der Waals surface area contributed by atoms with Crippen LogP contribution in [0.5, 0.6) is 0 Å². The van der Waals surface area contributed by atoms with E-state index in [-0.39, 0.29) is 0 Å². The molecule has 0 radical (unpaired) electrons. The summed E-state index contributed by atoms with van der Waals surface area (Å²) < 4.78 is 5.54. The fourth-order valence-corrected chi connectivity index (χ4v) is 2.99. The largest absolute Gasteiger partial charge is 0.597 e. The van der Waals surface area contributed by atoms with Gasteiger partial charge in [0.1, 0.15) is 18.8 Å². The molecule has 1 fully saturated rings. The number of quaternary nitrogens is 1. The number of rotatable bonds is 3. The third kappa shape index (κ3) is 3.05. The van der Waals surface area contributed by atoms with Crippen LogP contribution in [0.15, 0.2) is 16.9 Å². The summed E-state index contributed by atoms with van der Waals surface area (Å²) in [6.45, 7) is 4.16. The van der Waals surface area contributed by atoms with Gasteiger partial charge in [-0.2, -0.15) is 4.59 Å². The van der Waals surface area contributed by atoms with Gasteiger partial charge in [-0.3, -0.25) is 0 Å². The molecule has 0 amide bonds. The predicted molar refractivity (Wildman–Crippen MR) is 69.5 cm³/mol. The third-order valence-electron chi connectivity index (χ3n) is 3.90. The van der Waals surface area contributed by atoms with Gasteiger partial charge >= 0.3 is 0 Å². The molecule has 4 heteroatoms. The maximum atomic E-state index is 11.7. The molecule has 0 spiro atoms. The SMILES string of the molecule is CCO/C([O-])=N/[N+]1(C2=CCCCC2)CCCCC1. The monoisotopic (exact) mass is 252 g/mol. The molecule has 0 atom stereocenters. The fourth-order valence-electron chi connectivity index (χ4n) is 2.99. The number of hydrogen-bond acceptors (Lipinski definition) is 3. The van der Waals surface area contributed by atoms with Gasteiger partial charge in [0.25, 0.3) is 0 Å². The normalized spacial score (nSPS) is 24.5. The second kappa shape index (κ2) is 6.23. The minimum Gasteiger partial charge on any atom is -0.597 e. The first-order valence-corrected chi connectivity index (χ1v) is 7.23. The van der Waals surface area contributed by atoms with Crippen LogP contribution in [0.1, 0.15) is 51.9 Å². The van der Waals surface area contributed by atoms with E-state index in [1.807, 2.05) is 6.92 Å². The van der Waals surface area contributed by atoms with Gasteiger partial charge < -0.3 is 9.84 Å². The molecule has 1 aliphatic heterocycles. The predicted octanol–water partition coefficient (Wildman–Crippen LogP) is 2.11. The molecule has 4 nitrogen and oxygen atoms in total. The van der Waals surface area contributed by atoms with Gasteiger partial charge in [-0.1, -0.05) is 12.0 Å². The number of piperidine rings is 1. The molecule has 0 N–H and O–H groups in total. The van der Waals surface area contributed by atoms with Gasteiger partial charge in [0.05, 0.1) is 0 Å². The molecule has 1 heterocycles. The molecule has 18 heavy (non-hydrogen) atoms. The maximum Gasteiger partial charge on any atom is 0.210 e. The summed E-state index contributed by atoms with van der Waals surface area (Å²) in [4.78, 5) is 0. The third-order valence-corrected chi connectivity index (χ3v) is 3.90. The topological polar surface area (TPSA) is 44.6 Å². The highest BCUT2D eigenvalue weighted by Crippen LogP contribution is 2.32. The first-order chi connectivity index (χ1) is 8.77. The Bertz CT molecular complexity index is 331. The summed E-state index contributed by atoms with van der Waals surface area (Å²) in [6, 6.07) is 0. The first-order valence-electron chi connectivity index (χ1n) is 7.23. The summed E-state index contributed by atoms with van der Waals surface area (Å²) >= 11 is 0. The lowest BCUT2D eigenvalue weighted by atomic mass is 10.0. The second-order valence-corrected chi connectivity index (χ2v) is 5.17. The molecule has 0 saturated carbocycles. The van der Waals surface area contributed by atoms with Crippen molar-refractivity contribution >= 4 is 6.08 Å². The van der Waals surface area contributed by atoms with Gasteiger partial charge in [-0.15, -0.1) is 0 Å². The minimum absolute atomic E-state index is 0.397. The zero-order valence-corrected chi connectivity index (χ0v) is 11.4. The molecule has 1 saturated heterocycles. The molecule has 1 aliphatic carbocycles. The van der Waals surface area contributed by atoms with E-state index in [0.717, 1.165) is 38.8 Å². The molecular formula is C14H24N2O2. The number of nitrogens with zero attached hydrogens (tertiary/aromatic N) is 2. The number of likely N-dealkylation sites (tertiary alicyclic amines) is 1. The summed E-state index contributed by atoms with van der Waals surface area (Å²) in [5.74, 6) is 0. The average molecular weight is 252 g/mol. The van der Waals surface area contributed by atoms with Gasteiger partial charge in [-0.25, -0.2) is 0 Å². The Labute approximate surface area is 110 Å².